The molecule has 0 N–H and O–H groups in total. The summed E-state index contributed by atoms with van der Waals surface area (Å²) >= 11 is 0. The van der Waals surface area contributed by atoms with E-state index in [4.69, 9.17) is 0 Å². The number of likely N-dealkylation sites (tertiary alicyclic amines) is 1. The summed E-state index contributed by atoms with van der Waals surface area (Å²) in [5.41, 5.74) is 0. The Morgan fingerprint density at radius 1 is 1.45 bits per heavy atom. The highest BCUT2D eigenvalue weighted by Crippen LogP contribution is 2.13. The first kappa shape index (κ1) is 8.87. The van der Waals surface area contributed by atoms with Crippen molar-refractivity contribution >= 4 is 0 Å². The van der Waals surface area contributed by atoms with Crippen molar-refractivity contribution in [2.45, 2.75) is 19.5 Å². The predicted molar refractivity (Wildman–Crippen MR) is 37.6 cm³/mol. The molecule has 1 saturated heterocycles. The number of hydrogen-bond acceptors (Lipinski definition) is 2. The van der Waals surface area contributed by atoms with Gasteiger partial charge in [0, 0.05) is 13.5 Å². The summed E-state index contributed by atoms with van der Waals surface area (Å²) in [6.07, 6.45) is -1.78. The summed E-state index contributed by atoms with van der Waals surface area (Å²) in [5.74, 6) is 0. The van der Waals surface area contributed by atoms with E-state index in [1.807, 2.05) is 0 Å². The third-order valence-corrected chi connectivity index (χ3v) is 1.71. The SMILES string of the molecule is CC(F)(F)OCCN1CCC1. The highest BCUT2D eigenvalue weighted by Gasteiger charge is 2.22. The van der Waals surface area contributed by atoms with Gasteiger partial charge in [-0.1, -0.05) is 0 Å². The molecule has 1 aliphatic rings. The number of hydrogen-bond donors (Lipinski definition) is 0. The largest absolute Gasteiger partial charge is 0.352 e. The molecule has 0 spiro atoms. The van der Waals surface area contributed by atoms with Gasteiger partial charge in [0.1, 0.15) is 0 Å². The maximum Gasteiger partial charge on any atom is 0.352 e. The van der Waals surface area contributed by atoms with Gasteiger partial charge in [0.15, 0.2) is 0 Å². The molecule has 1 aliphatic heterocycles. The second kappa shape index (κ2) is 3.45. The zero-order chi connectivity index (χ0) is 8.32. The lowest BCUT2D eigenvalue weighted by Crippen LogP contribution is -2.40. The maximum atomic E-state index is 12.1. The van der Waals surface area contributed by atoms with Crippen molar-refractivity contribution < 1.29 is 13.5 Å². The molecule has 1 heterocycles. The minimum atomic E-state index is -2.97. The van der Waals surface area contributed by atoms with Gasteiger partial charge in [0.05, 0.1) is 6.61 Å². The Kier molecular flexibility index (Phi) is 2.78. The molecule has 66 valence electrons. The van der Waals surface area contributed by atoms with Crippen molar-refractivity contribution in [3.05, 3.63) is 0 Å². The second-order valence-electron chi connectivity index (χ2n) is 2.85. The second-order valence-corrected chi connectivity index (χ2v) is 2.85. The first-order chi connectivity index (χ1) is 5.08. The van der Waals surface area contributed by atoms with E-state index >= 15 is 0 Å². The topological polar surface area (TPSA) is 12.5 Å². The Bertz CT molecular complexity index is 120. The lowest BCUT2D eigenvalue weighted by atomic mass is 10.2. The van der Waals surface area contributed by atoms with Crippen molar-refractivity contribution in [1.82, 2.24) is 4.90 Å². The van der Waals surface area contributed by atoms with E-state index in [-0.39, 0.29) is 6.61 Å². The van der Waals surface area contributed by atoms with Crippen molar-refractivity contribution in [3.63, 3.8) is 0 Å². The van der Waals surface area contributed by atoms with Crippen molar-refractivity contribution in [2.24, 2.45) is 0 Å². The van der Waals surface area contributed by atoms with Crippen LogP contribution in [0.4, 0.5) is 8.78 Å². The summed E-state index contributed by atoms with van der Waals surface area (Å²) in [7, 11) is 0. The maximum absolute atomic E-state index is 12.1. The first-order valence-corrected chi connectivity index (χ1v) is 3.82. The molecule has 0 aromatic heterocycles. The molecule has 0 atom stereocenters. The van der Waals surface area contributed by atoms with Crippen LogP contribution in [0.25, 0.3) is 0 Å². The van der Waals surface area contributed by atoms with Crippen LogP contribution in [-0.2, 0) is 4.74 Å². The highest BCUT2D eigenvalue weighted by atomic mass is 19.3. The molecule has 0 aliphatic carbocycles. The fourth-order valence-electron chi connectivity index (χ4n) is 0.959. The molecule has 0 bridgehead atoms. The molecular weight excluding hydrogens is 152 g/mol. The van der Waals surface area contributed by atoms with Crippen LogP contribution in [0.5, 0.6) is 0 Å². The van der Waals surface area contributed by atoms with Crippen LogP contribution in [0, 0.1) is 0 Å². The third kappa shape index (κ3) is 3.62. The summed E-state index contributed by atoms with van der Waals surface area (Å²) in [5, 5.41) is 0. The van der Waals surface area contributed by atoms with Crippen molar-refractivity contribution in [1.29, 1.82) is 0 Å². The Labute approximate surface area is 65.1 Å². The zero-order valence-corrected chi connectivity index (χ0v) is 6.65. The van der Waals surface area contributed by atoms with Crippen LogP contribution in [-0.4, -0.2) is 37.2 Å². The van der Waals surface area contributed by atoms with Gasteiger partial charge in [-0.05, 0) is 19.5 Å². The van der Waals surface area contributed by atoms with E-state index in [1.165, 1.54) is 6.42 Å². The van der Waals surface area contributed by atoms with E-state index in [1.54, 1.807) is 0 Å². The Hall–Kier alpha value is -0.220. The van der Waals surface area contributed by atoms with E-state index in [9.17, 15) is 8.78 Å². The summed E-state index contributed by atoms with van der Waals surface area (Å²) < 4.78 is 28.4. The Morgan fingerprint density at radius 2 is 2.09 bits per heavy atom. The van der Waals surface area contributed by atoms with Gasteiger partial charge < -0.3 is 9.64 Å². The minimum Gasteiger partial charge on any atom is -0.319 e. The fourth-order valence-corrected chi connectivity index (χ4v) is 0.959. The average molecular weight is 165 g/mol. The number of ether oxygens (including phenoxy) is 1. The van der Waals surface area contributed by atoms with Gasteiger partial charge in [-0.15, -0.1) is 0 Å². The van der Waals surface area contributed by atoms with Crippen LogP contribution in [0.1, 0.15) is 13.3 Å². The van der Waals surface area contributed by atoms with E-state index in [0.717, 1.165) is 20.0 Å². The van der Waals surface area contributed by atoms with Crippen LogP contribution < -0.4 is 0 Å². The zero-order valence-electron chi connectivity index (χ0n) is 6.65. The Balaban J connectivity index is 1.95. The standard InChI is InChI=1S/C7H13F2NO/c1-7(8,9)11-6-5-10-3-2-4-10/h2-6H2,1H3. The quantitative estimate of drug-likeness (QED) is 0.623. The number of rotatable bonds is 4. The summed E-state index contributed by atoms with van der Waals surface area (Å²) in [6.45, 7) is 3.58. The van der Waals surface area contributed by atoms with Crippen LogP contribution in [0.2, 0.25) is 0 Å². The molecule has 2 nitrogen and oxygen atoms in total. The molecule has 0 amide bonds. The normalized spacial score (nSPS) is 19.9. The van der Waals surface area contributed by atoms with Gasteiger partial charge >= 0.3 is 6.11 Å². The molecule has 0 aromatic carbocycles. The highest BCUT2D eigenvalue weighted by molar-refractivity contribution is 4.67. The molecule has 1 rings (SSSR count). The lowest BCUT2D eigenvalue weighted by molar-refractivity contribution is -0.226. The molecule has 0 saturated carbocycles. The van der Waals surface area contributed by atoms with Crippen molar-refractivity contribution in [2.75, 3.05) is 26.2 Å². The molecule has 0 aromatic rings. The molecule has 0 radical (unpaired) electrons. The minimum absolute atomic E-state index is 0.128. The van der Waals surface area contributed by atoms with E-state index < -0.39 is 6.11 Å². The van der Waals surface area contributed by atoms with Gasteiger partial charge in [-0.25, -0.2) is 0 Å². The van der Waals surface area contributed by atoms with E-state index in [0.29, 0.717) is 6.54 Å². The van der Waals surface area contributed by atoms with Crippen LogP contribution in [0.3, 0.4) is 0 Å². The monoisotopic (exact) mass is 165 g/mol. The third-order valence-electron chi connectivity index (χ3n) is 1.71. The first-order valence-electron chi connectivity index (χ1n) is 3.82. The molecule has 0 unspecified atom stereocenters. The Morgan fingerprint density at radius 3 is 2.45 bits per heavy atom. The van der Waals surface area contributed by atoms with E-state index in [2.05, 4.69) is 9.64 Å². The molecule has 11 heavy (non-hydrogen) atoms. The van der Waals surface area contributed by atoms with Gasteiger partial charge in [-0.2, -0.15) is 8.78 Å². The van der Waals surface area contributed by atoms with Gasteiger partial charge in [-0.3, -0.25) is 0 Å². The average Bonchev–Trinajstić information content (AvgIpc) is 1.73. The number of nitrogens with zero attached hydrogens (tertiary/aromatic N) is 1. The fraction of sp³-hybridized carbons (Fsp3) is 1.00. The summed E-state index contributed by atoms with van der Waals surface area (Å²) in [4.78, 5) is 2.09. The molecule has 1 fully saturated rings. The lowest BCUT2D eigenvalue weighted by Gasteiger charge is -2.30. The van der Waals surface area contributed by atoms with Crippen LogP contribution in [0.15, 0.2) is 0 Å². The predicted octanol–water partition coefficient (Wildman–Crippen LogP) is 1.32. The summed E-state index contributed by atoms with van der Waals surface area (Å²) in [6, 6.07) is 0. The van der Waals surface area contributed by atoms with Gasteiger partial charge in [0.25, 0.3) is 0 Å². The van der Waals surface area contributed by atoms with Gasteiger partial charge in [0.2, 0.25) is 0 Å². The smallest absolute Gasteiger partial charge is 0.319 e. The molecule has 4 heteroatoms. The number of alkyl halides is 2. The number of halogens is 2. The van der Waals surface area contributed by atoms with Crippen LogP contribution >= 0.6 is 0 Å². The molecular formula is C7H13F2NO. The van der Waals surface area contributed by atoms with Crippen molar-refractivity contribution in [3.8, 4) is 0 Å².